The molecule has 4 nitrogen and oxygen atoms in total. The number of nitrogens with two attached hydrogens (primary N) is 1. The normalized spacial score (nSPS) is 19.6. The molecule has 110 valence electrons. The highest BCUT2D eigenvalue weighted by Crippen LogP contribution is 2.26. The van der Waals surface area contributed by atoms with E-state index in [9.17, 15) is 9.90 Å². The van der Waals surface area contributed by atoms with Gasteiger partial charge >= 0.3 is 0 Å². The molecule has 0 unspecified atom stereocenters. The molecule has 1 aliphatic heterocycles. The number of hydrogen-bond donors (Lipinski definition) is 3. The smallest absolute Gasteiger partial charge is 0.240 e. The highest BCUT2D eigenvalue weighted by atomic mass is 32.1. The van der Waals surface area contributed by atoms with E-state index in [0.29, 0.717) is 38.1 Å². The zero-order valence-electron chi connectivity index (χ0n) is 11.5. The Kier molecular flexibility index (Phi) is 5.07. The summed E-state index contributed by atoms with van der Waals surface area (Å²) in [5, 5.41) is 10.6. The van der Waals surface area contributed by atoms with E-state index in [1.54, 1.807) is 4.90 Å². The Morgan fingerprint density at radius 2 is 1.95 bits per heavy atom. The van der Waals surface area contributed by atoms with Gasteiger partial charge in [0.05, 0.1) is 11.6 Å². The summed E-state index contributed by atoms with van der Waals surface area (Å²) in [6.07, 6.45) is 1.81. The van der Waals surface area contributed by atoms with Gasteiger partial charge in [-0.1, -0.05) is 30.3 Å². The van der Waals surface area contributed by atoms with E-state index in [4.69, 9.17) is 5.73 Å². The van der Waals surface area contributed by atoms with Crippen molar-refractivity contribution in [3.63, 3.8) is 0 Å². The molecule has 0 aliphatic carbocycles. The van der Waals surface area contributed by atoms with Crippen LogP contribution in [-0.4, -0.2) is 46.4 Å². The van der Waals surface area contributed by atoms with Crippen LogP contribution in [0.3, 0.4) is 0 Å². The average Bonchev–Trinajstić information content (AvgIpc) is 2.47. The van der Waals surface area contributed by atoms with Crippen LogP contribution in [0.4, 0.5) is 0 Å². The van der Waals surface area contributed by atoms with E-state index in [-0.39, 0.29) is 5.91 Å². The molecule has 1 atom stereocenters. The van der Waals surface area contributed by atoms with Crippen LogP contribution in [0.25, 0.3) is 0 Å². The number of carbonyl (C=O) groups excluding carboxylic acids is 1. The van der Waals surface area contributed by atoms with Crippen molar-refractivity contribution in [3.8, 4) is 0 Å². The van der Waals surface area contributed by atoms with Crippen LogP contribution >= 0.6 is 12.6 Å². The molecule has 2 rings (SSSR count). The van der Waals surface area contributed by atoms with Crippen LogP contribution in [0, 0.1) is 0 Å². The Balaban J connectivity index is 1.91. The molecule has 1 aromatic carbocycles. The van der Waals surface area contributed by atoms with Gasteiger partial charge in [-0.3, -0.25) is 4.79 Å². The van der Waals surface area contributed by atoms with E-state index in [1.165, 1.54) is 0 Å². The fraction of sp³-hybridized carbons (Fsp3) is 0.533. The Labute approximate surface area is 125 Å². The number of piperidine rings is 1. The van der Waals surface area contributed by atoms with E-state index in [0.717, 1.165) is 5.56 Å². The van der Waals surface area contributed by atoms with Crippen molar-refractivity contribution >= 4 is 18.5 Å². The van der Waals surface area contributed by atoms with Gasteiger partial charge in [0.15, 0.2) is 0 Å². The van der Waals surface area contributed by atoms with E-state index in [2.05, 4.69) is 12.6 Å². The summed E-state index contributed by atoms with van der Waals surface area (Å²) in [5.41, 5.74) is 6.12. The summed E-state index contributed by atoms with van der Waals surface area (Å²) in [7, 11) is 0. The molecular weight excluding hydrogens is 272 g/mol. The van der Waals surface area contributed by atoms with Gasteiger partial charge in [0, 0.05) is 25.3 Å². The lowest BCUT2D eigenvalue weighted by molar-refractivity contribution is -0.136. The first-order chi connectivity index (χ1) is 9.54. The summed E-state index contributed by atoms with van der Waals surface area (Å²) in [6.45, 7) is 1.12. The first-order valence-electron chi connectivity index (χ1n) is 6.96. The molecule has 1 amide bonds. The highest BCUT2D eigenvalue weighted by molar-refractivity contribution is 7.80. The van der Waals surface area contributed by atoms with E-state index >= 15 is 0 Å². The fourth-order valence-electron chi connectivity index (χ4n) is 2.61. The largest absolute Gasteiger partial charge is 0.389 e. The van der Waals surface area contributed by atoms with Gasteiger partial charge in [-0.25, -0.2) is 0 Å². The number of likely N-dealkylation sites (tertiary alicyclic amines) is 1. The second-order valence-corrected chi connectivity index (χ2v) is 5.87. The molecule has 0 aromatic heterocycles. The van der Waals surface area contributed by atoms with Crippen LogP contribution in [-0.2, 0) is 11.2 Å². The Bertz CT molecular complexity index is 444. The lowest BCUT2D eigenvalue weighted by atomic mass is 9.85. The Morgan fingerprint density at radius 3 is 2.50 bits per heavy atom. The lowest BCUT2D eigenvalue weighted by Gasteiger charge is -2.39. The van der Waals surface area contributed by atoms with Crippen LogP contribution < -0.4 is 5.73 Å². The van der Waals surface area contributed by atoms with Crippen LogP contribution in [0.2, 0.25) is 0 Å². The monoisotopic (exact) mass is 294 g/mol. The average molecular weight is 294 g/mol. The molecule has 0 spiro atoms. The fourth-order valence-corrected chi connectivity index (χ4v) is 2.76. The molecule has 3 N–H and O–H groups in total. The maximum atomic E-state index is 12.0. The van der Waals surface area contributed by atoms with Gasteiger partial charge in [-0.05, 0) is 18.4 Å². The second-order valence-electron chi connectivity index (χ2n) is 5.50. The number of carbonyl (C=O) groups is 1. The Morgan fingerprint density at radius 1 is 1.35 bits per heavy atom. The molecule has 1 aromatic rings. The minimum Gasteiger partial charge on any atom is -0.389 e. The number of nitrogens with zero attached hydrogens (tertiary/aromatic N) is 1. The highest BCUT2D eigenvalue weighted by Gasteiger charge is 2.34. The standard InChI is InChI=1S/C15H22N2O2S/c16-13(11-20)14(18)17-8-6-15(19,7-9-17)10-12-4-2-1-3-5-12/h1-5,13,19-20H,6-11,16H2/t13-/m0/s1. The molecule has 0 saturated carbocycles. The van der Waals surface area contributed by atoms with Crippen LogP contribution in [0.1, 0.15) is 18.4 Å². The zero-order valence-corrected chi connectivity index (χ0v) is 12.4. The molecule has 20 heavy (non-hydrogen) atoms. The molecular formula is C15H22N2O2S. The van der Waals surface area contributed by atoms with Gasteiger partial charge in [0.25, 0.3) is 0 Å². The number of benzene rings is 1. The number of hydrogen-bond acceptors (Lipinski definition) is 4. The topological polar surface area (TPSA) is 66.6 Å². The first kappa shape index (κ1) is 15.4. The van der Waals surface area contributed by atoms with Gasteiger partial charge in [-0.2, -0.15) is 12.6 Å². The van der Waals surface area contributed by atoms with Crippen molar-refractivity contribution in [1.29, 1.82) is 0 Å². The summed E-state index contributed by atoms with van der Waals surface area (Å²) >= 11 is 4.05. The zero-order chi connectivity index (χ0) is 14.6. The van der Waals surface area contributed by atoms with Gasteiger partial charge < -0.3 is 15.7 Å². The minimum absolute atomic E-state index is 0.0678. The lowest BCUT2D eigenvalue weighted by Crippen LogP contribution is -2.52. The van der Waals surface area contributed by atoms with Gasteiger partial charge in [-0.15, -0.1) is 0 Å². The third-order valence-electron chi connectivity index (χ3n) is 3.90. The predicted molar refractivity (Wildman–Crippen MR) is 82.7 cm³/mol. The van der Waals surface area contributed by atoms with Crippen molar-refractivity contribution in [2.75, 3.05) is 18.8 Å². The van der Waals surface area contributed by atoms with E-state index in [1.807, 2.05) is 30.3 Å². The van der Waals surface area contributed by atoms with Crippen molar-refractivity contribution in [2.45, 2.75) is 30.9 Å². The molecule has 1 heterocycles. The predicted octanol–water partition coefficient (Wildman–Crippen LogP) is 0.840. The SMILES string of the molecule is N[C@@H](CS)C(=O)N1CCC(O)(Cc2ccccc2)CC1. The first-order valence-corrected chi connectivity index (χ1v) is 7.59. The number of thiol groups is 1. The van der Waals surface area contributed by atoms with Gasteiger partial charge in [0.2, 0.25) is 5.91 Å². The Hall–Kier alpha value is -1.04. The maximum absolute atomic E-state index is 12.0. The molecule has 1 saturated heterocycles. The van der Waals surface area contributed by atoms with Crippen molar-refractivity contribution < 1.29 is 9.90 Å². The number of aliphatic hydroxyl groups is 1. The van der Waals surface area contributed by atoms with Crippen molar-refractivity contribution in [2.24, 2.45) is 5.73 Å². The maximum Gasteiger partial charge on any atom is 0.240 e. The summed E-state index contributed by atoms with van der Waals surface area (Å²) in [6, 6.07) is 9.41. The molecule has 0 bridgehead atoms. The second kappa shape index (κ2) is 6.61. The van der Waals surface area contributed by atoms with Crippen molar-refractivity contribution in [3.05, 3.63) is 35.9 Å². The van der Waals surface area contributed by atoms with Crippen LogP contribution in [0.5, 0.6) is 0 Å². The molecule has 1 fully saturated rings. The quantitative estimate of drug-likeness (QED) is 0.721. The molecule has 0 radical (unpaired) electrons. The third kappa shape index (κ3) is 3.75. The summed E-state index contributed by atoms with van der Waals surface area (Å²) in [4.78, 5) is 13.7. The molecule has 5 heteroatoms. The van der Waals surface area contributed by atoms with Gasteiger partial charge in [0.1, 0.15) is 0 Å². The third-order valence-corrected chi connectivity index (χ3v) is 4.29. The van der Waals surface area contributed by atoms with Crippen LogP contribution in [0.15, 0.2) is 30.3 Å². The minimum atomic E-state index is -0.719. The summed E-state index contributed by atoms with van der Waals surface area (Å²) < 4.78 is 0. The number of rotatable bonds is 4. The molecule has 1 aliphatic rings. The summed E-state index contributed by atoms with van der Waals surface area (Å²) in [5.74, 6) is 0.283. The number of amides is 1. The van der Waals surface area contributed by atoms with E-state index < -0.39 is 11.6 Å². The van der Waals surface area contributed by atoms with Crippen molar-refractivity contribution in [1.82, 2.24) is 4.90 Å².